The highest BCUT2D eigenvalue weighted by Gasteiger charge is 2.30. The van der Waals surface area contributed by atoms with Gasteiger partial charge in [0.2, 0.25) is 0 Å². The molecule has 0 amide bonds. The molecule has 0 bridgehead atoms. The van der Waals surface area contributed by atoms with Crippen molar-refractivity contribution in [3.8, 4) is 6.07 Å². The summed E-state index contributed by atoms with van der Waals surface area (Å²) in [6, 6.07) is 6.50. The summed E-state index contributed by atoms with van der Waals surface area (Å²) in [7, 11) is 0. The van der Waals surface area contributed by atoms with Gasteiger partial charge in [0.15, 0.2) is 0 Å². The zero-order valence-corrected chi connectivity index (χ0v) is 22.2. The molecule has 0 radical (unpaired) electrons. The SMILES string of the molecule is C/C=C/CCC1CCC(C2CCC(CCF)CC2)CC1.N#Cc1ccc(C2CCC(F)CC2)cc1F. The van der Waals surface area contributed by atoms with E-state index in [-0.39, 0.29) is 18.2 Å². The molecule has 0 unspecified atom stereocenters. The summed E-state index contributed by atoms with van der Waals surface area (Å²) >= 11 is 0. The van der Waals surface area contributed by atoms with Crippen molar-refractivity contribution in [1.29, 1.82) is 5.26 Å². The lowest BCUT2D eigenvalue weighted by atomic mass is 9.68. The van der Waals surface area contributed by atoms with E-state index in [0.717, 1.165) is 42.6 Å². The average Bonchev–Trinajstić information content (AvgIpc) is 2.91. The zero-order chi connectivity index (χ0) is 25.8. The van der Waals surface area contributed by atoms with E-state index in [0.29, 0.717) is 18.8 Å². The van der Waals surface area contributed by atoms with Gasteiger partial charge in [-0.05, 0) is 125 Å². The molecule has 0 aliphatic heterocycles. The molecule has 200 valence electrons. The van der Waals surface area contributed by atoms with Gasteiger partial charge in [-0.2, -0.15) is 5.26 Å². The lowest BCUT2D eigenvalue weighted by molar-refractivity contribution is 0.139. The molecule has 1 aromatic carbocycles. The summed E-state index contributed by atoms with van der Waals surface area (Å²) in [6.45, 7) is 2.02. The van der Waals surface area contributed by atoms with E-state index in [4.69, 9.17) is 5.26 Å². The first-order valence-electron chi connectivity index (χ1n) is 14.5. The quantitative estimate of drug-likeness (QED) is 0.341. The Kier molecular flexibility index (Phi) is 12.4. The average molecular weight is 502 g/mol. The summed E-state index contributed by atoms with van der Waals surface area (Å²) in [4.78, 5) is 0. The van der Waals surface area contributed by atoms with Crippen molar-refractivity contribution in [3.05, 3.63) is 47.3 Å². The van der Waals surface area contributed by atoms with Crippen molar-refractivity contribution in [3.63, 3.8) is 0 Å². The first-order chi connectivity index (χ1) is 17.5. The molecule has 0 N–H and O–H groups in total. The maximum Gasteiger partial charge on any atom is 0.141 e. The van der Waals surface area contributed by atoms with Crippen LogP contribution in [0.3, 0.4) is 0 Å². The first kappa shape index (κ1) is 28.8. The monoisotopic (exact) mass is 501 g/mol. The van der Waals surface area contributed by atoms with Crippen LogP contribution >= 0.6 is 0 Å². The fraction of sp³-hybridized carbons (Fsp3) is 0.719. The predicted molar refractivity (Wildman–Crippen MR) is 143 cm³/mol. The van der Waals surface area contributed by atoms with Gasteiger partial charge in [0.1, 0.15) is 18.1 Å². The van der Waals surface area contributed by atoms with Gasteiger partial charge in [-0.25, -0.2) is 8.78 Å². The van der Waals surface area contributed by atoms with E-state index in [1.807, 2.05) is 0 Å². The molecule has 0 saturated heterocycles. The topological polar surface area (TPSA) is 23.8 Å². The molecule has 0 heterocycles. The second-order valence-corrected chi connectivity index (χ2v) is 11.5. The third-order valence-corrected chi connectivity index (χ3v) is 9.19. The Bertz CT molecular complexity index is 820. The van der Waals surface area contributed by atoms with Crippen molar-refractivity contribution < 1.29 is 13.2 Å². The van der Waals surface area contributed by atoms with Crippen LogP contribution in [0, 0.1) is 40.8 Å². The zero-order valence-electron chi connectivity index (χ0n) is 22.2. The molecule has 36 heavy (non-hydrogen) atoms. The smallest absolute Gasteiger partial charge is 0.141 e. The number of nitrogens with zero attached hydrogens (tertiary/aromatic N) is 1. The van der Waals surface area contributed by atoms with Gasteiger partial charge in [-0.1, -0.05) is 43.9 Å². The normalized spacial score (nSPS) is 30.9. The maximum absolute atomic E-state index is 13.4. The van der Waals surface area contributed by atoms with Crippen LogP contribution in [0.1, 0.15) is 120 Å². The minimum atomic E-state index is -0.695. The Labute approximate surface area is 217 Å². The number of hydrogen-bond acceptors (Lipinski definition) is 1. The number of nitriles is 1. The Balaban J connectivity index is 0.000000205. The lowest BCUT2D eigenvalue weighted by Gasteiger charge is -2.37. The molecule has 4 heteroatoms. The molecular weight excluding hydrogens is 455 g/mol. The molecule has 0 spiro atoms. The lowest BCUT2D eigenvalue weighted by Crippen LogP contribution is -2.26. The largest absolute Gasteiger partial charge is 0.251 e. The molecule has 1 nitrogen and oxygen atoms in total. The summed E-state index contributed by atoms with van der Waals surface area (Å²) in [5, 5.41) is 8.61. The van der Waals surface area contributed by atoms with E-state index in [9.17, 15) is 13.2 Å². The molecule has 3 aliphatic carbocycles. The van der Waals surface area contributed by atoms with E-state index < -0.39 is 12.0 Å². The molecular formula is C32H46F3N. The van der Waals surface area contributed by atoms with Gasteiger partial charge in [0.25, 0.3) is 0 Å². The van der Waals surface area contributed by atoms with Gasteiger partial charge in [-0.15, -0.1) is 0 Å². The number of hydrogen-bond donors (Lipinski definition) is 0. The Hall–Kier alpha value is -1.76. The number of halogens is 3. The van der Waals surface area contributed by atoms with Crippen LogP contribution in [-0.2, 0) is 0 Å². The highest BCUT2D eigenvalue weighted by atomic mass is 19.1. The van der Waals surface area contributed by atoms with Crippen LogP contribution in [0.4, 0.5) is 13.2 Å². The van der Waals surface area contributed by atoms with Crippen LogP contribution < -0.4 is 0 Å². The Morgan fingerprint density at radius 2 is 1.44 bits per heavy atom. The number of rotatable bonds is 7. The summed E-state index contributed by atoms with van der Waals surface area (Å²) < 4.78 is 38.7. The van der Waals surface area contributed by atoms with E-state index >= 15 is 0 Å². The van der Waals surface area contributed by atoms with Gasteiger partial charge < -0.3 is 0 Å². The van der Waals surface area contributed by atoms with Crippen molar-refractivity contribution in [2.24, 2.45) is 23.7 Å². The van der Waals surface area contributed by atoms with Crippen molar-refractivity contribution in [2.75, 3.05) is 6.67 Å². The van der Waals surface area contributed by atoms with E-state index in [2.05, 4.69) is 19.1 Å². The van der Waals surface area contributed by atoms with Crippen LogP contribution in [0.25, 0.3) is 0 Å². The molecule has 3 fully saturated rings. The third kappa shape index (κ3) is 8.97. The van der Waals surface area contributed by atoms with Crippen LogP contribution in [0.15, 0.2) is 30.4 Å². The number of alkyl halides is 2. The fourth-order valence-electron chi connectivity index (χ4n) is 6.81. The van der Waals surface area contributed by atoms with E-state index in [1.54, 1.807) is 12.1 Å². The van der Waals surface area contributed by atoms with Crippen molar-refractivity contribution in [2.45, 2.75) is 115 Å². The first-order valence-corrected chi connectivity index (χ1v) is 14.5. The fourth-order valence-corrected chi connectivity index (χ4v) is 6.81. The minimum absolute atomic E-state index is 0.0722. The standard InChI is InChI=1S/C19H33F.C13H13F2N/c1-2-3-4-5-16-6-10-18(11-7-16)19-12-8-17(9-13-19)14-15-20;14-12-5-3-9(4-6-12)10-1-2-11(8-16)13(15)7-10/h2-3,16-19H,4-15H2,1H3;1-2,7,9,12H,3-6H2/b3-2+;. The van der Waals surface area contributed by atoms with Crippen LogP contribution in [-0.4, -0.2) is 12.8 Å². The molecule has 0 atom stereocenters. The number of allylic oxidation sites excluding steroid dienone is 2. The highest BCUT2D eigenvalue weighted by molar-refractivity contribution is 5.34. The summed E-state index contributed by atoms with van der Waals surface area (Å²) in [5.74, 6) is 3.44. The second kappa shape index (κ2) is 15.5. The number of benzene rings is 1. The van der Waals surface area contributed by atoms with Gasteiger partial charge in [-0.3, -0.25) is 4.39 Å². The maximum atomic E-state index is 13.4. The molecule has 3 saturated carbocycles. The summed E-state index contributed by atoms with van der Waals surface area (Å²) in [6.07, 6.45) is 21.2. The summed E-state index contributed by atoms with van der Waals surface area (Å²) in [5.41, 5.74) is 0.964. The van der Waals surface area contributed by atoms with Gasteiger partial charge in [0, 0.05) is 0 Å². The predicted octanol–water partition coefficient (Wildman–Crippen LogP) is 10.0. The molecule has 3 aliphatic rings. The van der Waals surface area contributed by atoms with Crippen LogP contribution in [0.5, 0.6) is 0 Å². The van der Waals surface area contributed by atoms with E-state index in [1.165, 1.54) is 76.3 Å². The molecule has 4 rings (SSSR count). The van der Waals surface area contributed by atoms with Crippen molar-refractivity contribution >= 4 is 0 Å². The minimum Gasteiger partial charge on any atom is -0.251 e. The van der Waals surface area contributed by atoms with Crippen LogP contribution in [0.2, 0.25) is 0 Å². The van der Waals surface area contributed by atoms with Gasteiger partial charge in [0.05, 0.1) is 12.2 Å². The Morgan fingerprint density at radius 1 is 0.861 bits per heavy atom. The highest BCUT2D eigenvalue weighted by Crippen LogP contribution is 2.42. The van der Waals surface area contributed by atoms with Crippen molar-refractivity contribution in [1.82, 2.24) is 0 Å². The van der Waals surface area contributed by atoms with Gasteiger partial charge >= 0.3 is 0 Å². The second-order valence-electron chi connectivity index (χ2n) is 11.5. The molecule has 1 aromatic rings. The molecule has 0 aromatic heterocycles. The Morgan fingerprint density at radius 3 is 1.94 bits per heavy atom. The third-order valence-electron chi connectivity index (χ3n) is 9.19.